The molecule has 0 radical (unpaired) electrons. The molecule has 2 aliphatic rings. The highest BCUT2D eigenvalue weighted by atomic mass is 32.1. The molecule has 0 bridgehead atoms. The third-order valence-corrected chi connectivity index (χ3v) is 9.51. The first-order valence-corrected chi connectivity index (χ1v) is 15.0. The molecule has 198 valence electrons. The summed E-state index contributed by atoms with van der Waals surface area (Å²) in [5.74, 6) is 0.0505. The number of amides is 2. The van der Waals surface area contributed by atoms with Gasteiger partial charge in [-0.3, -0.25) is 14.5 Å². The van der Waals surface area contributed by atoms with E-state index < -0.39 is 0 Å². The minimum Gasteiger partial charge on any atom is -0.352 e. The summed E-state index contributed by atoms with van der Waals surface area (Å²) in [5.41, 5.74) is 3.69. The highest BCUT2D eigenvalue weighted by Gasteiger charge is 2.27. The fourth-order valence-electron chi connectivity index (χ4n) is 5.57. The fraction of sp³-hybridized carbons (Fsp3) is 0.429. The van der Waals surface area contributed by atoms with Gasteiger partial charge in [0.2, 0.25) is 11.8 Å². The predicted octanol–water partition coefficient (Wildman–Crippen LogP) is 4.89. The van der Waals surface area contributed by atoms with Gasteiger partial charge < -0.3 is 15.5 Å². The molecule has 2 N–H and O–H groups in total. The zero-order chi connectivity index (χ0) is 26.1. The van der Waals surface area contributed by atoms with Crippen molar-refractivity contribution in [3.05, 3.63) is 47.5 Å². The van der Waals surface area contributed by atoms with Crippen LogP contribution in [0.25, 0.3) is 20.4 Å². The normalized spacial score (nSPS) is 16.9. The van der Waals surface area contributed by atoms with Crippen LogP contribution in [0.3, 0.4) is 0 Å². The Balaban J connectivity index is 1.07. The summed E-state index contributed by atoms with van der Waals surface area (Å²) in [6, 6.07) is 12.5. The van der Waals surface area contributed by atoms with Crippen molar-refractivity contribution in [1.29, 1.82) is 0 Å². The van der Waals surface area contributed by atoms with Gasteiger partial charge in [0.1, 0.15) is 0 Å². The Morgan fingerprint density at radius 1 is 0.947 bits per heavy atom. The third kappa shape index (κ3) is 5.39. The van der Waals surface area contributed by atoms with Crippen LogP contribution >= 0.6 is 22.7 Å². The molecular formula is C28H32N6O2S2. The average molecular weight is 549 g/mol. The molecule has 0 unspecified atom stereocenters. The molecule has 8 nitrogen and oxygen atoms in total. The molecule has 1 aliphatic carbocycles. The van der Waals surface area contributed by atoms with E-state index in [9.17, 15) is 9.59 Å². The number of aryl methyl sites for hydroxylation is 1. The quantitative estimate of drug-likeness (QED) is 0.342. The molecule has 6 rings (SSSR count). The van der Waals surface area contributed by atoms with Gasteiger partial charge in [0.05, 0.1) is 33.4 Å². The van der Waals surface area contributed by atoms with Gasteiger partial charge in [0.25, 0.3) is 0 Å². The number of benzene rings is 2. The van der Waals surface area contributed by atoms with E-state index in [0.717, 1.165) is 68.9 Å². The van der Waals surface area contributed by atoms with E-state index in [-0.39, 0.29) is 18.4 Å². The van der Waals surface area contributed by atoms with Gasteiger partial charge in [-0.05, 0) is 31.4 Å². The van der Waals surface area contributed by atoms with Crippen LogP contribution in [0.5, 0.6) is 0 Å². The average Bonchev–Trinajstić information content (AvgIpc) is 3.68. The van der Waals surface area contributed by atoms with Crippen molar-refractivity contribution in [1.82, 2.24) is 19.8 Å². The van der Waals surface area contributed by atoms with Crippen molar-refractivity contribution in [2.45, 2.75) is 45.1 Å². The SMILES string of the molecule is Cc1c2nc(NCC(=O)N3CCN(C4CCCC4)CC3)sc2cc2sc(NC(=O)Cc3ccccc3)nc12. The molecule has 1 saturated carbocycles. The number of thiazole rings is 2. The highest BCUT2D eigenvalue weighted by molar-refractivity contribution is 7.24. The Bertz CT molecular complexity index is 1450. The van der Waals surface area contributed by atoms with Crippen LogP contribution in [0.1, 0.15) is 36.8 Å². The van der Waals surface area contributed by atoms with Crippen LogP contribution in [-0.4, -0.2) is 70.3 Å². The largest absolute Gasteiger partial charge is 0.352 e. The lowest BCUT2D eigenvalue weighted by molar-refractivity contribution is -0.131. The zero-order valence-electron chi connectivity index (χ0n) is 21.5. The third-order valence-electron chi connectivity index (χ3n) is 7.63. The van der Waals surface area contributed by atoms with Crippen molar-refractivity contribution in [3.8, 4) is 0 Å². The molecule has 1 aliphatic heterocycles. The zero-order valence-corrected chi connectivity index (χ0v) is 23.2. The van der Waals surface area contributed by atoms with E-state index in [4.69, 9.17) is 4.98 Å². The first-order valence-electron chi connectivity index (χ1n) is 13.3. The van der Waals surface area contributed by atoms with Crippen molar-refractivity contribution in [2.75, 3.05) is 43.4 Å². The summed E-state index contributed by atoms with van der Waals surface area (Å²) in [6.45, 7) is 5.85. The number of carbonyl (C=O) groups is 2. The summed E-state index contributed by atoms with van der Waals surface area (Å²) in [7, 11) is 0. The Hall–Kier alpha value is -3.08. The Morgan fingerprint density at radius 2 is 1.61 bits per heavy atom. The van der Waals surface area contributed by atoms with Crippen molar-refractivity contribution >= 4 is 65.2 Å². The molecular weight excluding hydrogens is 516 g/mol. The van der Waals surface area contributed by atoms with Crippen LogP contribution in [-0.2, 0) is 16.0 Å². The number of carbonyl (C=O) groups excluding carboxylic acids is 2. The summed E-state index contributed by atoms with van der Waals surface area (Å²) >= 11 is 3.02. The van der Waals surface area contributed by atoms with E-state index in [0.29, 0.717) is 11.6 Å². The van der Waals surface area contributed by atoms with E-state index in [1.165, 1.54) is 37.0 Å². The molecule has 3 heterocycles. The Kier molecular flexibility index (Phi) is 7.27. The van der Waals surface area contributed by atoms with E-state index in [1.54, 1.807) is 11.3 Å². The first kappa shape index (κ1) is 25.2. The second-order valence-corrected chi connectivity index (χ2v) is 12.2. The van der Waals surface area contributed by atoms with Gasteiger partial charge in [-0.15, -0.1) is 0 Å². The number of anilines is 2. The van der Waals surface area contributed by atoms with E-state index >= 15 is 0 Å². The minimum absolute atomic E-state index is 0.0797. The Labute approximate surface area is 230 Å². The number of nitrogens with one attached hydrogen (secondary N) is 2. The molecule has 1 saturated heterocycles. The standard InChI is InChI=1S/C28H32N6O2S2/c1-18-25-21(16-22-26(18)32-28(38-22)30-23(35)15-19-7-3-2-4-8-19)37-27(31-25)29-17-24(36)34-13-11-33(12-14-34)20-9-5-6-10-20/h2-4,7-8,16,20H,5-6,9-15,17H2,1H3,(H,29,31)(H,30,32,35). The van der Waals surface area contributed by atoms with Crippen LogP contribution in [0.15, 0.2) is 36.4 Å². The molecule has 2 fully saturated rings. The number of piperazine rings is 1. The van der Waals surface area contributed by atoms with Gasteiger partial charge in [0, 0.05) is 37.8 Å². The molecule has 2 amide bonds. The van der Waals surface area contributed by atoms with Crippen molar-refractivity contribution in [3.63, 3.8) is 0 Å². The maximum Gasteiger partial charge on any atom is 0.242 e. The van der Waals surface area contributed by atoms with Gasteiger partial charge >= 0.3 is 0 Å². The summed E-state index contributed by atoms with van der Waals surface area (Å²) in [4.78, 5) is 39.4. The fourth-order valence-corrected chi connectivity index (χ4v) is 7.59. The minimum atomic E-state index is -0.0797. The van der Waals surface area contributed by atoms with E-state index in [1.807, 2.05) is 42.2 Å². The number of rotatable bonds is 7. The number of hydrogen-bond donors (Lipinski definition) is 2. The van der Waals surface area contributed by atoms with Crippen LogP contribution in [0, 0.1) is 6.92 Å². The molecule has 38 heavy (non-hydrogen) atoms. The second-order valence-electron chi connectivity index (χ2n) is 10.2. The number of fused-ring (bicyclic) bond motifs is 2. The molecule has 0 atom stereocenters. The predicted molar refractivity (Wildman–Crippen MR) is 155 cm³/mol. The van der Waals surface area contributed by atoms with Crippen LogP contribution in [0.2, 0.25) is 0 Å². The van der Waals surface area contributed by atoms with Gasteiger partial charge in [-0.25, -0.2) is 9.97 Å². The number of nitrogens with zero attached hydrogens (tertiary/aromatic N) is 4. The second kappa shape index (κ2) is 11.0. The molecule has 4 aromatic rings. The number of hydrogen-bond acceptors (Lipinski definition) is 8. The van der Waals surface area contributed by atoms with E-state index in [2.05, 4.69) is 26.6 Å². The Morgan fingerprint density at radius 3 is 2.32 bits per heavy atom. The lowest BCUT2D eigenvalue weighted by Crippen LogP contribution is -2.52. The molecule has 0 spiro atoms. The maximum atomic E-state index is 12.9. The van der Waals surface area contributed by atoms with Gasteiger partial charge in [-0.1, -0.05) is 65.8 Å². The summed E-state index contributed by atoms with van der Waals surface area (Å²) in [5, 5.41) is 7.54. The van der Waals surface area contributed by atoms with Crippen LogP contribution < -0.4 is 10.6 Å². The topological polar surface area (TPSA) is 90.5 Å². The lowest BCUT2D eigenvalue weighted by Gasteiger charge is -2.38. The first-order chi connectivity index (χ1) is 18.5. The van der Waals surface area contributed by atoms with Crippen molar-refractivity contribution < 1.29 is 9.59 Å². The molecule has 10 heteroatoms. The maximum absolute atomic E-state index is 12.9. The summed E-state index contributed by atoms with van der Waals surface area (Å²) in [6.07, 6.45) is 5.62. The van der Waals surface area contributed by atoms with Gasteiger partial charge in [0.15, 0.2) is 10.3 Å². The van der Waals surface area contributed by atoms with Crippen LogP contribution in [0.4, 0.5) is 10.3 Å². The summed E-state index contributed by atoms with van der Waals surface area (Å²) < 4.78 is 2.05. The lowest BCUT2D eigenvalue weighted by atomic mass is 10.1. The molecule has 2 aromatic heterocycles. The smallest absolute Gasteiger partial charge is 0.242 e. The number of aromatic nitrogens is 2. The highest BCUT2D eigenvalue weighted by Crippen LogP contribution is 2.37. The van der Waals surface area contributed by atoms with Gasteiger partial charge in [-0.2, -0.15) is 0 Å². The van der Waals surface area contributed by atoms with Crippen molar-refractivity contribution in [2.24, 2.45) is 0 Å². The molecule has 2 aromatic carbocycles. The monoisotopic (exact) mass is 548 g/mol.